The number of carbonyl (C=O) groups is 1. The van der Waals surface area contributed by atoms with Crippen molar-refractivity contribution in [3.05, 3.63) is 12.4 Å². The van der Waals surface area contributed by atoms with Gasteiger partial charge in [0.1, 0.15) is 0 Å². The third kappa shape index (κ3) is 4.18. The highest BCUT2D eigenvalue weighted by atomic mass is 35.5. The molecule has 20 heavy (non-hydrogen) atoms. The summed E-state index contributed by atoms with van der Waals surface area (Å²) in [5.41, 5.74) is 5.92. The van der Waals surface area contributed by atoms with Crippen molar-refractivity contribution in [1.82, 2.24) is 19.9 Å². The van der Waals surface area contributed by atoms with E-state index in [-0.39, 0.29) is 30.3 Å². The Morgan fingerprint density at radius 3 is 2.55 bits per heavy atom. The van der Waals surface area contributed by atoms with Gasteiger partial charge < -0.3 is 10.6 Å². The van der Waals surface area contributed by atoms with Crippen molar-refractivity contribution >= 4 is 18.3 Å². The van der Waals surface area contributed by atoms with Gasteiger partial charge in [0.25, 0.3) is 0 Å². The van der Waals surface area contributed by atoms with E-state index >= 15 is 0 Å². The molecule has 2 N–H and O–H groups in total. The Balaban J connectivity index is 0.00000200. The Kier molecular flexibility index (Phi) is 6.42. The molecule has 114 valence electrons. The van der Waals surface area contributed by atoms with E-state index in [9.17, 15) is 4.79 Å². The Morgan fingerprint density at radius 2 is 2.05 bits per heavy atom. The van der Waals surface area contributed by atoms with Gasteiger partial charge in [0.2, 0.25) is 5.91 Å². The number of nitrogens with two attached hydrogens (primary N) is 1. The van der Waals surface area contributed by atoms with E-state index in [1.165, 1.54) is 0 Å². The van der Waals surface area contributed by atoms with Crippen LogP contribution in [0.1, 0.15) is 26.7 Å². The molecule has 1 amide bonds. The molecular formula is C13H24ClN5O. The van der Waals surface area contributed by atoms with Crippen LogP contribution in [0.2, 0.25) is 0 Å². The summed E-state index contributed by atoms with van der Waals surface area (Å²) in [6.07, 6.45) is 5.60. The molecule has 1 aromatic heterocycles. The van der Waals surface area contributed by atoms with E-state index in [0.717, 1.165) is 32.5 Å². The predicted octanol–water partition coefficient (Wildman–Crippen LogP) is 0.922. The minimum atomic E-state index is -0.369. The third-order valence-electron chi connectivity index (χ3n) is 3.85. The lowest BCUT2D eigenvalue weighted by atomic mass is 9.95. The molecule has 1 atom stereocenters. The number of hydrogen-bond acceptors (Lipinski definition) is 4. The number of carbonyl (C=O) groups excluding carboxylic acids is 1. The van der Waals surface area contributed by atoms with Gasteiger partial charge in [-0.15, -0.1) is 17.5 Å². The largest absolute Gasteiger partial charge is 0.341 e. The first kappa shape index (κ1) is 16.9. The number of halogens is 1. The summed E-state index contributed by atoms with van der Waals surface area (Å²) in [6.45, 7) is 6.47. The maximum Gasteiger partial charge on any atom is 0.239 e. The third-order valence-corrected chi connectivity index (χ3v) is 3.85. The molecule has 0 saturated carbocycles. The predicted molar refractivity (Wildman–Crippen MR) is 79.4 cm³/mol. The Morgan fingerprint density at radius 1 is 1.40 bits per heavy atom. The number of hydrogen-bond donors (Lipinski definition) is 1. The highest BCUT2D eigenvalue weighted by Gasteiger charge is 2.27. The van der Waals surface area contributed by atoms with E-state index in [2.05, 4.69) is 10.3 Å². The van der Waals surface area contributed by atoms with Gasteiger partial charge in [0.05, 0.1) is 12.2 Å². The van der Waals surface area contributed by atoms with Crippen LogP contribution in [0, 0.1) is 11.8 Å². The van der Waals surface area contributed by atoms with Gasteiger partial charge in [-0.2, -0.15) is 0 Å². The maximum atomic E-state index is 12.1. The fourth-order valence-corrected chi connectivity index (χ4v) is 2.43. The molecule has 6 nitrogen and oxygen atoms in total. The molecule has 2 heterocycles. The van der Waals surface area contributed by atoms with Crippen LogP contribution in [-0.4, -0.2) is 44.9 Å². The lowest BCUT2D eigenvalue weighted by Crippen LogP contribution is -2.49. The number of aromatic nitrogens is 3. The Labute approximate surface area is 126 Å². The summed E-state index contributed by atoms with van der Waals surface area (Å²) < 4.78 is 1.86. The molecule has 0 aromatic carbocycles. The van der Waals surface area contributed by atoms with Crippen LogP contribution in [0.5, 0.6) is 0 Å². The van der Waals surface area contributed by atoms with Crippen molar-refractivity contribution < 1.29 is 4.79 Å². The Bertz CT molecular complexity index is 401. The monoisotopic (exact) mass is 301 g/mol. The van der Waals surface area contributed by atoms with Gasteiger partial charge in [-0.1, -0.05) is 19.1 Å². The normalized spacial score (nSPS) is 17.9. The maximum absolute atomic E-state index is 12.1. The minimum Gasteiger partial charge on any atom is -0.341 e. The standard InChI is InChI=1S/C13H23N5O.ClH/c1-10(2)12(14)13(19)17-6-3-11(4-7-17)9-18-8-5-15-16-18;/h5,8,10-12H,3-4,6-7,9,14H2,1-2H3;1H/t12-;/m0./s1. The van der Waals surface area contributed by atoms with E-state index in [1.807, 2.05) is 29.6 Å². The zero-order valence-electron chi connectivity index (χ0n) is 12.1. The topological polar surface area (TPSA) is 77.0 Å². The number of rotatable bonds is 4. The van der Waals surface area contributed by atoms with Gasteiger partial charge in [0.15, 0.2) is 0 Å². The highest BCUT2D eigenvalue weighted by Crippen LogP contribution is 2.19. The molecule has 7 heteroatoms. The lowest BCUT2D eigenvalue weighted by Gasteiger charge is -2.34. The number of likely N-dealkylation sites (tertiary alicyclic amines) is 1. The molecule has 0 unspecified atom stereocenters. The van der Waals surface area contributed by atoms with Crippen molar-refractivity contribution in [2.45, 2.75) is 39.3 Å². The molecule has 1 saturated heterocycles. The molecule has 0 bridgehead atoms. The average molecular weight is 302 g/mol. The van der Waals surface area contributed by atoms with Crippen molar-refractivity contribution in [2.24, 2.45) is 17.6 Å². The van der Waals surface area contributed by atoms with E-state index in [0.29, 0.717) is 5.92 Å². The summed E-state index contributed by atoms with van der Waals surface area (Å²) in [5.74, 6) is 0.857. The molecule has 1 aliphatic heterocycles. The molecule has 1 aromatic rings. The second kappa shape index (κ2) is 7.59. The average Bonchev–Trinajstić information content (AvgIpc) is 2.90. The summed E-state index contributed by atoms with van der Waals surface area (Å²) >= 11 is 0. The number of piperidine rings is 1. The first-order valence-corrected chi connectivity index (χ1v) is 6.96. The van der Waals surface area contributed by atoms with Crippen LogP contribution in [0.15, 0.2) is 12.4 Å². The summed E-state index contributed by atoms with van der Waals surface area (Å²) in [4.78, 5) is 14.0. The fraction of sp³-hybridized carbons (Fsp3) is 0.769. The van der Waals surface area contributed by atoms with Gasteiger partial charge in [0, 0.05) is 25.8 Å². The smallest absolute Gasteiger partial charge is 0.239 e. The second-order valence-corrected chi connectivity index (χ2v) is 5.66. The number of nitrogens with zero attached hydrogens (tertiary/aromatic N) is 4. The van der Waals surface area contributed by atoms with Gasteiger partial charge >= 0.3 is 0 Å². The zero-order valence-corrected chi connectivity index (χ0v) is 12.9. The first-order chi connectivity index (χ1) is 9.08. The summed E-state index contributed by atoms with van der Waals surface area (Å²) in [5, 5.41) is 7.79. The van der Waals surface area contributed by atoms with E-state index in [4.69, 9.17) is 5.73 Å². The zero-order chi connectivity index (χ0) is 13.8. The molecule has 0 radical (unpaired) electrons. The van der Waals surface area contributed by atoms with Crippen LogP contribution in [0.4, 0.5) is 0 Å². The van der Waals surface area contributed by atoms with Crippen LogP contribution in [-0.2, 0) is 11.3 Å². The SMILES string of the molecule is CC(C)[C@H](N)C(=O)N1CCC(Cn2ccnn2)CC1.Cl. The molecule has 0 spiro atoms. The second-order valence-electron chi connectivity index (χ2n) is 5.66. The van der Waals surface area contributed by atoms with Crippen LogP contribution < -0.4 is 5.73 Å². The van der Waals surface area contributed by atoms with E-state index in [1.54, 1.807) is 6.20 Å². The molecular weight excluding hydrogens is 278 g/mol. The number of amides is 1. The molecule has 0 aliphatic carbocycles. The van der Waals surface area contributed by atoms with Crippen LogP contribution in [0.3, 0.4) is 0 Å². The van der Waals surface area contributed by atoms with Gasteiger partial charge in [-0.25, -0.2) is 0 Å². The van der Waals surface area contributed by atoms with Crippen LogP contribution >= 0.6 is 12.4 Å². The van der Waals surface area contributed by atoms with Crippen molar-refractivity contribution in [3.63, 3.8) is 0 Å². The summed E-state index contributed by atoms with van der Waals surface area (Å²) in [6, 6.07) is -0.369. The Hall–Kier alpha value is -1.14. The molecule has 2 rings (SSSR count). The highest BCUT2D eigenvalue weighted by molar-refractivity contribution is 5.85. The fourth-order valence-electron chi connectivity index (χ4n) is 2.43. The van der Waals surface area contributed by atoms with Crippen molar-refractivity contribution in [2.75, 3.05) is 13.1 Å². The molecule has 1 fully saturated rings. The van der Waals surface area contributed by atoms with E-state index < -0.39 is 0 Å². The summed E-state index contributed by atoms with van der Waals surface area (Å²) in [7, 11) is 0. The van der Waals surface area contributed by atoms with Crippen molar-refractivity contribution in [3.8, 4) is 0 Å². The quantitative estimate of drug-likeness (QED) is 0.897. The molecule has 1 aliphatic rings. The van der Waals surface area contributed by atoms with Crippen molar-refractivity contribution in [1.29, 1.82) is 0 Å². The van der Waals surface area contributed by atoms with Gasteiger partial charge in [-0.05, 0) is 24.7 Å². The first-order valence-electron chi connectivity index (χ1n) is 6.96. The van der Waals surface area contributed by atoms with Gasteiger partial charge in [-0.3, -0.25) is 9.48 Å². The minimum absolute atomic E-state index is 0. The van der Waals surface area contributed by atoms with Crippen LogP contribution in [0.25, 0.3) is 0 Å². The lowest BCUT2D eigenvalue weighted by molar-refractivity contribution is -0.135.